The maximum Gasteiger partial charge on any atom is 0.307 e. The molecule has 7 nitrogen and oxygen atoms in total. The Morgan fingerprint density at radius 1 is 1.32 bits per heavy atom. The molecule has 0 aliphatic rings. The number of anilines is 1. The standard InChI is InChI=1S/C12H12N4O3/c17-11(8-16-6-5-13-15-16)14-10-4-2-1-3-9(10)7-12(18)19/h1-6H,7-8H2,(H,14,17)(H,18,19). The summed E-state index contributed by atoms with van der Waals surface area (Å²) in [5.41, 5.74) is 1.05. The SMILES string of the molecule is O=C(O)Cc1ccccc1NC(=O)Cn1ccnn1. The van der Waals surface area contributed by atoms with E-state index in [0.717, 1.165) is 0 Å². The average Bonchev–Trinajstić information content (AvgIpc) is 2.83. The molecule has 0 bridgehead atoms. The zero-order chi connectivity index (χ0) is 13.7. The lowest BCUT2D eigenvalue weighted by Gasteiger charge is -2.09. The summed E-state index contributed by atoms with van der Waals surface area (Å²) in [6, 6.07) is 6.79. The highest BCUT2D eigenvalue weighted by Crippen LogP contribution is 2.15. The fourth-order valence-corrected chi connectivity index (χ4v) is 1.61. The van der Waals surface area contributed by atoms with Crippen molar-refractivity contribution in [3.63, 3.8) is 0 Å². The third-order valence-corrected chi connectivity index (χ3v) is 2.41. The summed E-state index contributed by atoms with van der Waals surface area (Å²) >= 11 is 0. The smallest absolute Gasteiger partial charge is 0.307 e. The van der Waals surface area contributed by atoms with Crippen LogP contribution in [0, 0.1) is 0 Å². The first-order valence-corrected chi connectivity index (χ1v) is 5.59. The highest BCUT2D eigenvalue weighted by atomic mass is 16.4. The third kappa shape index (κ3) is 3.63. The lowest BCUT2D eigenvalue weighted by Crippen LogP contribution is -2.20. The van der Waals surface area contributed by atoms with Crippen molar-refractivity contribution in [3.8, 4) is 0 Å². The summed E-state index contributed by atoms with van der Waals surface area (Å²) in [5.74, 6) is -1.23. The average molecular weight is 260 g/mol. The minimum Gasteiger partial charge on any atom is -0.481 e. The molecule has 7 heteroatoms. The second kappa shape index (κ2) is 5.76. The molecule has 1 aromatic carbocycles. The Bertz CT molecular complexity index is 580. The predicted octanol–water partition coefficient (Wildman–Crippen LogP) is 0.544. The molecule has 2 rings (SSSR count). The minimum absolute atomic E-state index is 0.0292. The number of hydrogen-bond acceptors (Lipinski definition) is 4. The number of carbonyl (C=O) groups is 2. The third-order valence-electron chi connectivity index (χ3n) is 2.41. The van der Waals surface area contributed by atoms with Crippen LogP contribution in [0.2, 0.25) is 0 Å². The summed E-state index contributed by atoms with van der Waals surface area (Å²) in [4.78, 5) is 22.5. The van der Waals surface area contributed by atoms with Crippen LogP contribution in [-0.4, -0.2) is 32.0 Å². The zero-order valence-corrected chi connectivity index (χ0v) is 9.98. The van der Waals surface area contributed by atoms with Gasteiger partial charge in [-0.15, -0.1) is 5.10 Å². The molecule has 0 spiro atoms. The Labute approximate surface area is 108 Å². The molecule has 1 aromatic heterocycles. The summed E-state index contributed by atoms with van der Waals surface area (Å²) in [7, 11) is 0. The van der Waals surface area contributed by atoms with Crippen molar-refractivity contribution < 1.29 is 14.7 Å². The molecule has 1 heterocycles. The second-order valence-electron chi connectivity index (χ2n) is 3.88. The van der Waals surface area contributed by atoms with E-state index in [4.69, 9.17) is 5.11 Å². The van der Waals surface area contributed by atoms with Gasteiger partial charge in [0.15, 0.2) is 0 Å². The van der Waals surface area contributed by atoms with Crippen molar-refractivity contribution in [1.82, 2.24) is 15.0 Å². The van der Waals surface area contributed by atoms with Gasteiger partial charge in [-0.3, -0.25) is 9.59 Å². The number of hydrogen-bond donors (Lipinski definition) is 2. The molecule has 0 saturated carbocycles. The van der Waals surface area contributed by atoms with E-state index in [9.17, 15) is 9.59 Å². The molecule has 0 atom stereocenters. The fourth-order valence-electron chi connectivity index (χ4n) is 1.61. The molecule has 0 unspecified atom stereocenters. The van der Waals surface area contributed by atoms with Crippen LogP contribution in [0.15, 0.2) is 36.7 Å². The fraction of sp³-hybridized carbons (Fsp3) is 0.167. The number of aromatic nitrogens is 3. The van der Waals surface area contributed by atoms with Crippen LogP contribution in [0.25, 0.3) is 0 Å². The predicted molar refractivity (Wildman–Crippen MR) is 66.4 cm³/mol. The Morgan fingerprint density at radius 3 is 2.79 bits per heavy atom. The number of carboxylic acid groups (broad SMARTS) is 1. The highest BCUT2D eigenvalue weighted by Gasteiger charge is 2.09. The molecule has 98 valence electrons. The van der Waals surface area contributed by atoms with Gasteiger partial charge in [-0.05, 0) is 11.6 Å². The van der Waals surface area contributed by atoms with E-state index < -0.39 is 5.97 Å². The number of carboxylic acids is 1. The number of rotatable bonds is 5. The van der Waals surface area contributed by atoms with E-state index in [1.54, 1.807) is 30.5 Å². The molecule has 0 fully saturated rings. The summed E-state index contributed by atoms with van der Waals surface area (Å²) in [6.07, 6.45) is 2.91. The second-order valence-corrected chi connectivity index (χ2v) is 3.88. The van der Waals surface area contributed by atoms with Crippen molar-refractivity contribution in [3.05, 3.63) is 42.2 Å². The van der Waals surface area contributed by atoms with Crippen LogP contribution in [-0.2, 0) is 22.6 Å². The number of benzene rings is 1. The van der Waals surface area contributed by atoms with E-state index >= 15 is 0 Å². The number of carbonyl (C=O) groups excluding carboxylic acids is 1. The number of nitrogens with one attached hydrogen (secondary N) is 1. The van der Waals surface area contributed by atoms with Gasteiger partial charge in [0.1, 0.15) is 6.54 Å². The number of aliphatic carboxylic acids is 1. The topological polar surface area (TPSA) is 97.1 Å². The molecular weight excluding hydrogens is 248 g/mol. The van der Waals surface area contributed by atoms with E-state index in [1.807, 2.05) is 0 Å². The highest BCUT2D eigenvalue weighted by molar-refractivity contribution is 5.92. The number of para-hydroxylation sites is 1. The van der Waals surface area contributed by atoms with Crippen LogP contribution in [0.4, 0.5) is 5.69 Å². The van der Waals surface area contributed by atoms with Gasteiger partial charge in [0, 0.05) is 11.9 Å². The lowest BCUT2D eigenvalue weighted by atomic mass is 10.1. The Kier molecular flexibility index (Phi) is 3.87. The van der Waals surface area contributed by atoms with Gasteiger partial charge in [0.05, 0.1) is 12.6 Å². The van der Waals surface area contributed by atoms with Gasteiger partial charge in [0.2, 0.25) is 5.91 Å². The molecule has 2 aromatic rings. The molecule has 19 heavy (non-hydrogen) atoms. The normalized spacial score (nSPS) is 10.1. The first kappa shape index (κ1) is 12.7. The Balaban J connectivity index is 2.06. The largest absolute Gasteiger partial charge is 0.481 e. The van der Waals surface area contributed by atoms with Gasteiger partial charge >= 0.3 is 5.97 Å². The Morgan fingerprint density at radius 2 is 2.11 bits per heavy atom. The van der Waals surface area contributed by atoms with Crippen molar-refractivity contribution >= 4 is 17.6 Å². The first-order chi connectivity index (χ1) is 9.15. The van der Waals surface area contributed by atoms with E-state index in [0.29, 0.717) is 11.3 Å². The van der Waals surface area contributed by atoms with E-state index in [2.05, 4.69) is 15.6 Å². The van der Waals surface area contributed by atoms with Crippen molar-refractivity contribution in [2.75, 3.05) is 5.32 Å². The van der Waals surface area contributed by atoms with Gasteiger partial charge in [-0.25, -0.2) is 4.68 Å². The molecular formula is C12H12N4O3. The van der Waals surface area contributed by atoms with E-state index in [-0.39, 0.29) is 18.9 Å². The maximum absolute atomic E-state index is 11.8. The summed E-state index contributed by atoms with van der Waals surface area (Å²) < 4.78 is 1.38. The maximum atomic E-state index is 11.8. The molecule has 1 amide bonds. The van der Waals surface area contributed by atoms with Crippen molar-refractivity contribution in [2.24, 2.45) is 0 Å². The van der Waals surface area contributed by atoms with Crippen LogP contribution >= 0.6 is 0 Å². The zero-order valence-electron chi connectivity index (χ0n) is 9.98. The van der Waals surface area contributed by atoms with Gasteiger partial charge in [-0.1, -0.05) is 23.4 Å². The van der Waals surface area contributed by atoms with Crippen LogP contribution < -0.4 is 5.32 Å². The monoisotopic (exact) mass is 260 g/mol. The van der Waals surface area contributed by atoms with Crippen molar-refractivity contribution in [2.45, 2.75) is 13.0 Å². The lowest BCUT2D eigenvalue weighted by molar-refractivity contribution is -0.136. The quantitative estimate of drug-likeness (QED) is 0.818. The van der Waals surface area contributed by atoms with Gasteiger partial charge in [-0.2, -0.15) is 0 Å². The molecule has 0 radical (unpaired) electrons. The Hall–Kier alpha value is -2.70. The minimum atomic E-state index is -0.946. The number of amides is 1. The van der Waals surface area contributed by atoms with Crippen LogP contribution in [0.5, 0.6) is 0 Å². The number of nitrogens with zero attached hydrogens (tertiary/aromatic N) is 3. The van der Waals surface area contributed by atoms with Crippen LogP contribution in [0.3, 0.4) is 0 Å². The molecule has 0 aliphatic carbocycles. The van der Waals surface area contributed by atoms with Gasteiger partial charge < -0.3 is 10.4 Å². The van der Waals surface area contributed by atoms with Gasteiger partial charge in [0.25, 0.3) is 0 Å². The van der Waals surface area contributed by atoms with E-state index in [1.165, 1.54) is 10.9 Å². The van der Waals surface area contributed by atoms with Crippen LogP contribution in [0.1, 0.15) is 5.56 Å². The first-order valence-electron chi connectivity index (χ1n) is 5.59. The summed E-state index contributed by atoms with van der Waals surface area (Å²) in [6.45, 7) is 0.0292. The molecule has 0 aliphatic heterocycles. The molecule has 0 saturated heterocycles. The van der Waals surface area contributed by atoms with Crippen molar-refractivity contribution in [1.29, 1.82) is 0 Å². The molecule has 2 N–H and O–H groups in total. The summed E-state index contributed by atoms with van der Waals surface area (Å²) in [5, 5.41) is 18.7.